The molecule has 22 heavy (non-hydrogen) atoms. The number of benzene rings is 1. The molecular weight excluding hydrogens is 308 g/mol. The first-order chi connectivity index (χ1) is 10.3. The van der Waals surface area contributed by atoms with Crippen molar-refractivity contribution in [3.8, 4) is 0 Å². The molecule has 0 aromatic heterocycles. The highest BCUT2D eigenvalue weighted by atomic mass is 32.2. The number of aliphatic carboxylic acids is 1. The Morgan fingerprint density at radius 3 is 2.55 bits per heavy atom. The first-order valence-corrected chi connectivity index (χ1v) is 7.90. The number of carboxylic acids is 1. The quantitative estimate of drug-likeness (QED) is 0.453. The lowest BCUT2D eigenvalue weighted by Crippen LogP contribution is -2.45. The minimum atomic E-state index is -1.13. The molecule has 1 aromatic rings. The molecule has 0 fully saturated rings. The molecule has 1 aromatic carbocycles. The number of thioether (sulfide) groups is 1. The minimum Gasteiger partial charge on any atom is -0.480 e. The SMILES string of the molecule is CCC(C)C(NC(=O)c1ccc(SC)c([N+](=O)[O-])c1)C(=O)O. The third kappa shape index (κ3) is 4.20. The number of amides is 1. The Bertz CT molecular complexity index is 591. The summed E-state index contributed by atoms with van der Waals surface area (Å²) in [5.41, 5.74) is -0.102. The average Bonchev–Trinajstić information content (AvgIpc) is 2.50. The number of carboxylic acid groups (broad SMARTS) is 1. The van der Waals surface area contributed by atoms with Crippen LogP contribution in [-0.2, 0) is 4.79 Å². The Morgan fingerprint density at radius 1 is 1.45 bits per heavy atom. The van der Waals surface area contributed by atoms with Gasteiger partial charge in [0.05, 0.1) is 9.82 Å². The fourth-order valence-corrected chi connectivity index (χ4v) is 2.43. The summed E-state index contributed by atoms with van der Waals surface area (Å²) < 4.78 is 0. The van der Waals surface area contributed by atoms with Gasteiger partial charge in [0.15, 0.2) is 0 Å². The lowest BCUT2D eigenvalue weighted by atomic mass is 9.99. The van der Waals surface area contributed by atoms with Crippen LogP contribution in [-0.4, -0.2) is 34.2 Å². The van der Waals surface area contributed by atoms with Gasteiger partial charge >= 0.3 is 5.97 Å². The van der Waals surface area contributed by atoms with Crippen molar-refractivity contribution in [1.29, 1.82) is 0 Å². The van der Waals surface area contributed by atoms with E-state index in [1.54, 1.807) is 13.2 Å². The van der Waals surface area contributed by atoms with Crippen LogP contribution in [0.5, 0.6) is 0 Å². The zero-order chi connectivity index (χ0) is 16.9. The van der Waals surface area contributed by atoms with Gasteiger partial charge in [-0.2, -0.15) is 0 Å². The molecule has 2 unspecified atom stereocenters. The number of hydrogen-bond donors (Lipinski definition) is 2. The summed E-state index contributed by atoms with van der Waals surface area (Å²) >= 11 is 1.20. The van der Waals surface area contributed by atoms with Gasteiger partial charge in [-0.3, -0.25) is 14.9 Å². The van der Waals surface area contributed by atoms with Gasteiger partial charge in [-0.15, -0.1) is 11.8 Å². The molecule has 2 N–H and O–H groups in total. The van der Waals surface area contributed by atoms with E-state index in [-0.39, 0.29) is 17.2 Å². The lowest BCUT2D eigenvalue weighted by Gasteiger charge is -2.20. The minimum absolute atomic E-state index is 0.0686. The molecule has 0 aliphatic heterocycles. The number of nitrogens with one attached hydrogen (secondary N) is 1. The van der Waals surface area contributed by atoms with Crippen molar-refractivity contribution in [2.45, 2.75) is 31.2 Å². The zero-order valence-corrected chi connectivity index (χ0v) is 13.3. The van der Waals surface area contributed by atoms with E-state index < -0.39 is 22.8 Å². The van der Waals surface area contributed by atoms with Gasteiger partial charge in [-0.25, -0.2) is 4.79 Å². The second-order valence-electron chi connectivity index (χ2n) is 4.82. The smallest absolute Gasteiger partial charge is 0.326 e. The number of nitrogens with zero attached hydrogens (tertiary/aromatic N) is 1. The van der Waals surface area contributed by atoms with Crippen molar-refractivity contribution in [3.63, 3.8) is 0 Å². The van der Waals surface area contributed by atoms with Crippen molar-refractivity contribution in [3.05, 3.63) is 33.9 Å². The van der Waals surface area contributed by atoms with E-state index in [1.165, 1.54) is 23.9 Å². The summed E-state index contributed by atoms with van der Waals surface area (Å²) in [6, 6.07) is 3.06. The highest BCUT2D eigenvalue weighted by molar-refractivity contribution is 7.98. The Kier molecular flexibility index (Phi) is 6.36. The molecule has 8 heteroatoms. The topological polar surface area (TPSA) is 110 Å². The van der Waals surface area contributed by atoms with Crippen molar-refractivity contribution in [1.82, 2.24) is 5.32 Å². The standard InChI is InChI=1S/C14H18N2O5S/c1-4-8(2)12(14(18)19)15-13(17)9-5-6-11(22-3)10(7-9)16(20)21/h5-8,12H,4H2,1-3H3,(H,15,17)(H,18,19). The summed E-state index contributed by atoms with van der Waals surface area (Å²) in [6.45, 7) is 3.54. The molecular formula is C14H18N2O5S. The number of nitro benzene ring substituents is 1. The number of carbonyl (C=O) groups excluding carboxylic acids is 1. The Morgan fingerprint density at radius 2 is 2.09 bits per heavy atom. The average molecular weight is 326 g/mol. The van der Waals surface area contributed by atoms with E-state index in [0.717, 1.165) is 6.07 Å². The van der Waals surface area contributed by atoms with Crippen LogP contribution < -0.4 is 5.32 Å². The summed E-state index contributed by atoms with van der Waals surface area (Å²) in [4.78, 5) is 34.3. The highest BCUT2D eigenvalue weighted by Gasteiger charge is 2.26. The molecule has 0 radical (unpaired) electrons. The number of hydrogen-bond acceptors (Lipinski definition) is 5. The van der Waals surface area contributed by atoms with Crippen molar-refractivity contribution < 1.29 is 19.6 Å². The van der Waals surface area contributed by atoms with Crippen LogP contribution in [0.3, 0.4) is 0 Å². The number of carbonyl (C=O) groups is 2. The number of rotatable bonds is 7. The van der Waals surface area contributed by atoms with Crippen LogP contribution in [0.1, 0.15) is 30.6 Å². The van der Waals surface area contributed by atoms with Crippen LogP contribution in [0.25, 0.3) is 0 Å². The molecule has 0 aliphatic carbocycles. The van der Waals surface area contributed by atoms with E-state index in [4.69, 9.17) is 5.11 Å². The second kappa shape index (κ2) is 7.79. The Hall–Kier alpha value is -2.09. The van der Waals surface area contributed by atoms with Gasteiger partial charge < -0.3 is 10.4 Å². The van der Waals surface area contributed by atoms with Crippen LogP contribution in [0.2, 0.25) is 0 Å². The van der Waals surface area contributed by atoms with Crippen LogP contribution >= 0.6 is 11.8 Å². The van der Waals surface area contributed by atoms with Crippen LogP contribution in [0.4, 0.5) is 5.69 Å². The lowest BCUT2D eigenvalue weighted by molar-refractivity contribution is -0.387. The summed E-state index contributed by atoms with van der Waals surface area (Å²) in [5.74, 6) is -2.01. The van der Waals surface area contributed by atoms with Gasteiger partial charge in [-0.05, 0) is 24.3 Å². The Balaban J connectivity index is 3.05. The monoisotopic (exact) mass is 326 g/mol. The molecule has 0 aliphatic rings. The fourth-order valence-electron chi connectivity index (χ4n) is 1.88. The molecule has 7 nitrogen and oxygen atoms in total. The van der Waals surface area contributed by atoms with Gasteiger partial charge in [0, 0.05) is 11.6 Å². The first-order valence-electron chi connectivity index (χ1n) is 6.67. The van der Waals surface area contributed by atoms with Crippen molar-refractivity contribution >= 4 is 29.3 Å². The predicted molar refractivity (Wildman–Crippen MR) is 83.2 cm³/mol. The summed E-state index contributed by atoms with van der Waals surface area (Å²) in [7, 11) is 0. The fraction of sp³-hybridized carbons (Fsp3) is 0.429. The molecule has 1 rings (SSSR count). The zero-order valence-electron chi connectivity index (χ0n) is 12.5. The van der Waals surface area contributed by atoms with Crippen LogP contribution in [0, 0.1) is 16.0 Å². The second-order valence-corrected chi connectivity index (χ2v) is 5.67. The normalized spacial score (nSPS) is 13.2. The van der Waals surface area contributed by atoms with E-state index in [0.29, 0.717) is 11.3 Å². The molecule has 1 amide bonds. The van der Waals surface area contributed by atoms with E-state index in [9.17, 15) is 19.7 Å². The molecule has 0 bridgehead atoms. The third-order valence-electron chi connectivity index (χ3n) is 3.40. The maximum atomic E-state index is 12.2. The van der Waals surface area contributed by atoms with Gasteiger partial charge in [-0.1, -0.05) is 20.3 Å². The highest BCUT2D eigenvalue weighted by Crippen LogP contribution is 2.28. The largest absolute Gasteiger partial charge is 0.480 e. The van der Waals surface area contributed by atoms with E-state index in [2.05, 4.69) is 5.32 Å². The Labute approximate surface area is 132 Å². The molecule has 120 valence electrons. The van der Waals surface area contributed by atoms with Crippen LogP contribution in [0.15, 0.2) is 23.1 Å². The predicted octanol–water partition coefficient (Wildman–Crippen LogP) is 2.55. The molecule has 0 saturated carbocycles. The first kappa shape index (κ1) is 18.0. The maximum Gasteiger partial charge on any atom is 0.326 e. The summed E-state index contributed by atoms with van der Waals surface area (Å²) in [6.07, 6.45) is 2.29. The third-order valence-corrected chi connectivity index (χ3v) is 4.19. The molecule has 0 heterocycles. The van der Waals surface area contributed by atoms with Gasteiger partial charge in [0.2, 0.25) is 0 Å². The van der Waals surface area contributed by atoms with Crippen molar-refractivity contribution in [2.24, 2.45) is 5.92 Å². The van der Waals surface area contributed by atoms with E-state index >= 15 is 0 Å². The summed E-state index contributed by atoms with van der Waals surface area (Å²) in [5, 5.41) is 22.6. The van der Waals surface area contributed by atoms with Gasteiger partial charge in [0.25, 0.3) is 11.6 Å². The molecule has 2 atom stereocenters. The maximum absolute atomic E-state index is 12.2. The van der Waals surface area contributed by atoms with E-state index in [1.807, 2.05) is 6.92 Å². The molecule has 0 spiro atoms. The molecule has 0 saturated heterocycles. The van der Waals surface area contributed by atoms with Crippen molar-refractivity contribution in [2.75, 3.05) is 6.26 Å². The van der Waals surface area contributed by atoms with Gasteiger partial charge in [0.1, 0.15) is 6.04 Å². The number of nitro groups is 1.